The van der Waals surface area contributed by atoms with Gasteiger partial charge in [-0.3, -0.25) is 4.90 Å². The standard InChI is InChI=1S/C26H20F2N4O2/c1-15-7-6-10-18(11-15)24-30-25(34-31-24)22-16(2)32(21-13-19(27)12-20(28)14-21)26(33)29-23(22)17-8-4-3-5-9-17/h3-14,23H,1-2H3,(H,29,33). The van der Waals surface area contributed by atoms with Crippen LogP contribution in [0.15, 0.2) is 83.0 Å². The van der Waals surface area contributed by atoms with E-state index in [0.717, 1.165) is 34.9 Å². The van der Waals surface area contributed by atoms with E-state index in [2.05, 4.69) is 15.5 Å². The molecule has 0 spiro atoms. The number of allylic oxidation sites excluding steroid dienone is 1. The summed E-state index contributed by atoms with van der Waals surface area (Å²) in [5, 5.41) is 7.05. The first-order chi connectivity index (χ1) is 16.4. The van der Waals surface area contributed by atoms with Crippen molar-refractivity contribution in [1.82, 2.24) is 15.5 Å². The van der Waals surface area contributed by atoms with Gasteiger partial charge in [-0.15, -0.1) is 0 Å². The highest BCUT2D eigenvalue weighted by atomic mass is 19.1. The highest BCUT2D eigenvalue weighted by Gasteiger charge is 2.36. The highest BCUT2D eigenvalue weighted by molar-refractivity contribution is 6.01. The molecular weight excluding hydrogens is 438 g/mol. The van der Waals surface area contributed by atoms with Crippen molar-refractivity contribution < 1.29 is 18.1 Å². The zero-order chi connectivity index (χ0) is 23.8. The first-order valence-electron chi connectivity index (χ1n) is 10.6. The van der Waals surface area contributed by atoms with Crippen molar-refractivity contribution in [2.75, 3.05) is 4.90 Å². The Balaban J connectivity index is 1.67. The number of benzene rings is 3. The normalized spacial score (nSPS) is 16.1. The molecule has 0 saturated heterocycles. The summed E-state index contributed by atoms with van der Waals surface area (Å²) < 4.78 is 33.6. The maximum atomic E-state index is 14.0. The molecule has 5 rings (SSSR count). The van der Waals surface area contributed by atoms with E-state index in [1.165, 1.54) is 4.90 Å². The predicted molar refractivity (Wildman–Crippen MR) is 124 cm³/mol. The number of hydrogen-bond donors (Lipinski definition) is 1. The molecule has 2 amide bonds. The second-order valence-corrected chi connectivity index (χ2v) is 8.05. The number of carbonyl (C=O) groups is 1. The number of aromatic nitrogens is 2. The number of halogens is 2. The molecule has 0 bridgehead atoms. The maximum Gasteiger partial charge on any atom is 0.327 e. The molecule has 6 nitrogen and oxygen atoms in total. The summed E-state index contributed by atoms with van der Waals surface area (Å²) in [4.78, 5) is 18.9. The summed E-state index contributed by atoms with van der Waals surface area (Å²) in [7, 11) is 0. The van der Waals surface area contributed by atoms with Crippen molar-refractivity contribution in [2.24, 2.45) is 0 Å². The first-order valence-corrected chi connectivity index (χ1v) is 10.6. The van der Waals surface area contributed by atoms with Crippen molar-refractivity contribution in [1.29, 1.82) is 0 Å². The molecule has 0 fully saturated rings. The molecule has 1 atom stereocenters. The monoisotopic (exact) mass is 458 g/mol. The van der Waals surface area contributed by atoms with Crippen LogP contribution in [0.5, 0.6) is 0 Å². The summed E-state index contributed by atoms with van der Waals surface area (Å²) in [6, 6.07) is 18.8. The molecule has 1 aromatic heterocycles. The maximum absolute atomic E-state index is 14.0. The van der Waals surface area contributed by atoms with Crippen LogP contribution in [0, 0.1) is 18.6 Å². The molecule has 2 heterocycles. The second kappa shape index (κ2) is 8.55. The lowest BCUT2D eigenvalue weighted by molar-refractivity contribution is 0.244. The minimum Gasteiger partial charge on any atom is -0.334 e. The zero-order valence-electron chi connectivity index (χ0n) is 18.4. The number of nitrogens with zero attached hydrogens (tertiary/aromatic N) is 3. The Morgan fingerprint density at radius 2 is 1.68 bits per heavy atom. The molecule has 1 aliphatic heterocycles. The molecule has 3 aromatic carbocycles. The Morgan fingerprint density at radius 1 is 0.941 bits per heavy atom. The molecule has 1 N–H and O–H groups in total. The van der Waals surface area contributed by atoms with Crippen LogP contribution in [-0.4, -0.2) is 16.2 Å². The topological polar surface area (TPSA) is 71.3 Å². The lowest BCUT2D eigenvalue weighted by atomic mass is 9.94. The van der Waals surface area contributed by atoms with E-state index in [9.17, 15) is 13.6 Å². The first kappa shape index (κ1) is 21.5. The third kappa shape index (κ3) is 3.94. The Kier molecular flexibility index (Phi) is 5.41. The van der Waals surface area contributed by atoms with Crippen LogP contribution in [0.25, 0.3) is 17.0 Å². The van der Waals surface area contributed by atoms with Gasteiger partial charge in [0.15, 0.2) is 0 Å². The van der Waals surface area contributed by atoms with Crippen LogP contribution in [-0.2, 0) is 0 Å². The van der Waals surface area contributed by atoms with Crippen molar-refractivity contribution in [3.63, 3.8) is 0 Å². The Hall–Kier alpha value is -4.33. The summed E-state index contributed by atoms with van der Waals surface area (Å²) in [5.74, 6) is -0.987. The minimum absolute atomic E-state index is 0.0509. The van der Waals surface area contributed by atoms with Gasteiger partial charge in [0.05, 0.1) is 17.3 Å². The minimum atomic E-state index is -0.790. The van der Waals surface area contributed by atoms with Gasteiger partial charge in [-0.05, 0) is 37.6 Å². The van der Waals surface area contributed by atoms with E-state index in [0.29, 0.717) is 17.1 Å². The van der Waals surface area contributed by atoms with Gasteiger partial charge >= 0.3 is 6.03 Å². The van der Waals surface area contributed by atoms with Crippen molar-refractivity contribution in [3.8, 4) is 11.4 Å². The van der Waals surface area contributed by atoms with Gasteiger partial charge in [0.25, 0.3) is 5.89 Å². The van der Waals surface area contributed by atoms with Crippen molar-refractivity contribution >= 4 is 17.3 Å². The predicted octanol–water partition coefficient (Wildman–Crippen LogP) is 6.03. The Morgan fingerprint density at radius 3 is 2.38 bits per heavy atom. The number of hydrogen-bond acceptors (Lipinski definition) is 4. The Labute approximate surface area is 194 Å². The largest absolute Gasteiger partial charge is 0.334 e. The summed E-state index contributed by atoms with van der Waals surface area (Å²) in [5.41, 5.74) is 3.63. The van der Waals surface area contributed by atoms with E-state index >= 15 is 0 Å². The third-order valence-corrected chi connectivity index (χ3v) is 5.66. The van der Waals surface area contributed by atoms with E-state index in [-0.39, 0.29) is 11.6 Å². The third-order valence-electron chi connectivity index (χ3n) is 5.66. The van der Waals surface area contributed by atoms with Gasteiger partial charge in [0.1, 0.15) is 11.6 Å². The van der Waals surface area contributed by atoms with Gasteiger partial charge < -0.3 is 9.84 Å². The molecule has 0 aliphatic carbocycles. The number of urea groups is 1. The lowest BCUT2D eigenvalue weighted by Gasteiger charge is -2.35. The molecule has 0 radical (unpaired) electrons. The lowest BCUT2D eigenvalue weighted by Crippen LogP contribution is -2.46. The van der Waals surface area contributed by atoms with Gasteiger partial charge in [-0.1, -0.05) is 59.3 Å². The number of carbonyl (C=O) groups excluding carboxylic acids is 1. The number of rotatable bonds is 4. The molecule has 0 saturated carbocycles. The van der Waals surface area contributed by atoms with Gasteiger partial charge in [0, 0.05) is 17.3 Å². The SMILES string of the molecule is CC1=C(c2nc(-c3cccc(C)c3)no2)C(c2ccccc2)NC(=O)N1c1cc(F)cc(F)c1. The van der Waals surface area contributed by atoms with Gasteiger partial charge in [-0.2, -0.15) is 4.98 Å². The van der Waals surface area contributed by atoms with Crippen molar-refractivity contribution in [2.45, 2.75) is 19.9 Å². The van der Waals surface area contributed by atoms with Crippen LogP contribution >= 0.6 is 0 Å². The number of amides is 2. The summed E-state index contributed by atoms with van der Waals surface area (Å²) in [6.07, 6.45) is 0. The second-order valence-electron chi connectivity index (χ2n) is 8.05. The van der Waals surface area contributed by atoms with Gasteiger partial charge in [0.2, 0.25) is 5.82 Å². The molecule has 4 aromatic rings. The van der Waals surface area contributed by atoms with Crippen LogP contribution in [0.2, 0.25) is 0 Å². The number of anilines is 1. The molecule has 1 unspecified atom stereocenters. The van der Waals surface area contributed by atoms with E-state index in [1.54, 1.807) is 6.92 Å². The summed E-state index contributed by atoms with van der Waals surface area (Å²) >= 11 is 0. The zero-order valence-corrected chi connectivity index (χ0v) is 18.4. The van der Waals surface area contributed by atoms with Crippen LogP contribution < -0.4 is 10.2 Å². The van der Waals surface area contributed by atoms with Crippen molar-refractivity contribution in [3.05, 3.63) is 107 Å². The van der Waals surface area contributed by atoms with Crippen LogP contribution in [0.3, 0.4) is 0 Å². The molecule has 1 aliphatic rings. The number of nitrogens with one attached hydrogen (secondary N) is 1. The summed E-state index contributed by atoms with van der Waals surface area (Å²) in [6.45, 7) is 3.65. The fourth-order valence-electron chi connectivity index (χ4n) is 4.13. The average Bonchev–Trinajstić information content (AvgIpc) is 3.28. The van der Waals surface area contributed by atoms with E-state index in [4.69, 9.17) is 4.52 Å². The van der Waals surface area contributed by atoms with E-state index in [1.807, 2.05) is 61.5 Å². The fourth-order valence-corrected chi connectivity index (χ4v) is 4.13. The Bertz CT molecular complexity index is 1400. The quantitative estimate of drug-likeness (QED) is 0.406. The molecular formula is C26H20F2N4O2. The molecule has 34 heavy (non-hydrogen) atoms. The number of aryl methyl sites for hydroxylation is 1. The molecule has 8 heteroatoms. The molecule has 170 valence electrons. The van der Waals surface area contributed by atoms with Crippen LogP contribution in [0.1, 0.15) is 30.0 Å². The average molecular weight is 458 g/mol. The van der Waals surface area contributed by atoms with Gasteiger partial charge in [-0.25, -0.2) is 13.6 Å². The smallest absolute Gasteiger partial charge is 0.327 e. The highest BCUT2D eigenvalue weighted by Crippen LogP contribution is 2.39. The van der Waals surface area contributed by atoms with E-state index < -0.39 is 23.7 Å². The fraction of sp³-hybridized carbons (Fsp3) is 0.115. The van der Waals surface area contributed by atoms with Crippen LogP contribution in [0.4, 0.5) is 19.3 Å².